The maximum Gasteiger partial charge on any atom is 0.286 e. The van der Waals surface area contributed by atoms with E-state index in [0.29, 0.717) is 33.6 Å². The molecule has 1 aliphatic heterocycles. The molecule has 1 aromatic heterocycles. The summed E-state index contributed by atoms with van der Waals surface area (Å²) in [7, 11) is 0. The van der Waals surface area contributed by atoms with Crippen molar-refractivity contribution in [2.75, 3.05) is 18.5 Å². The van der Waals surface area contributed by atoms with Crippen LogP contribution in [0.1, 0.15) is 38.0 Å². The third-order valence-electron chi connectivity index (χ3n) is 4.76. The van der Waals surface area contributed by atoms with Crippen LogP contribution < -0.4 is 15.4 Å². The Labute approximate surface area is 193 Å². The van der Waals surface area contributed by atoms with E-state index in [1.54, 1.807) is 48.5 Å². The minimum absolute atomic E-state index is 0.103. The number of nitrogens with one attached hydrogen (secondary N) is 2. The van der Waals surface area contributed by atoms with Crippen LogP contribution in [0, 0.1) is 0 Å². The topological polar surface area (TPSA) is 102 Å². The van der Waals surface area contributed by atoms with Crippen molar-refractivity contribution < 1.29 is 19.1 Å². The van der Waals surface area contributed by atoms with E-state index in [-0.39, 0.29) is 29.5 Å². The molecule has 0 unspecified atom stereocenters. The number of ether oxygens (including phenoxy) is 2. The molecule has 1 saturated heterocycles. The van der Waals surface area contributed by atoms with Gasteiger partial charge in [-0.15, -0.1) is 10.2 Å². The summed E-state index contributed by atoms with van der Waals surface area (Å²) < 4.78 is 11.2. The second-order valence-corrected chi connectivity index (χ2v) is 8.62. The lowest BCUT2D eigenvalue weighted by molar-refractivity contribution is 0.0857. The van der Waals surface area contributed by atoms with Gasteiger partial charge >= 0.3 is 0 Å². The summed E-state index contributed by atoms with van der Waals surface area (Å²) in [5, 5.41) is 14.9. The zero-order valence-corrected chi connectivity index (χ0v) is 18.6. The highest BCUT2D eigenvalue weighted by molar-refractivity contribution is 7.13. The van der Waals surface area contributed by atoms with Gasteiger partial charge in [0.2, 0.25) is 5.01 Å². The smallest absolute Gasteiger partial charge is 0.286 e. The van der Waals surface area contributed by atoms with E-state index in [4.69, 9.17) is 21.1 Å². The molecule has 10 heteroatoms. The first-order valence-corrected chi connectivity index (χ1v) is 11.3. The number of aromatic nitrogens is 2. The molecule has 1 fully saturated rings. The zero-order valence-electron chi connectivity index (χ0n) is 17.0. The lowest BCUT2D eigenvalue weighted by Gasteiger charge is -2.11. The molecule has 0 saturated carbocycles. The first-order valence-electron chi connectivity index (χ1n) is 10.1. The summed E-state index contributed by atoms with van der Waals surface area (Å²) in [4.78, 5) is 24.5. The van der Waals surface area contributed by atoms with Crippen LogP contribution in [0.2, 0.25) is 5.02 Å². The molecule has 0 radical (unpaired) electrons. The third kappa shape index (κ3) is 6.03. The second-order valence-electron chi connectivity index (χ2n) is 7.12. The number of benzene rings is 2. The van der Waals surface area contributed by atoms with Crippen LogP contribution in [0.4, 0.5) is 5.69 Å². The number of hydrogen-bond acceptors (Lipinski definition) is 7. The average molecular weight is 473 g/mol. The summed E-state index contributed by atoms with van der Waals surface area (Å²) in [6.45, 7) is 1.44. The number of rotatable bonds is 8. The Morgan fingerprint density at radius 3 is 2.59 bits per heavy atom. The standard InChI is InChI=1S/C22H21ClN4O4S/c23-15-5-7-16(8-6-15)25-21(29)22-27-26-19(32-22)13-31-17-9-3-14(4-10-17)20(28)24-12-18-2-1-11-30-18/h3-10,18H,1-2,11-13H2,(H,24,28)(H,25,29)/t18-/m0/s1. The highest BCUT2D eigenvalue weighted by Crippen LogP contribution is 2.19. The monoisotopic (exact) mass is 472 g/mol. The van der Waals surface area contributed by atoms with Gasteiger partial charge < -0.3 is 20.1 Å². The fraction of sp³-hybridized carbons (Fsp3) is 0.273. The first kappa shape index (κ1) is 22.2. The van der Waals surface area contributed by atoms with Gasteiger partial charge in [0, 0.05) is 29.4 Å². The average Bonchev–Trinajstić information content (AvgIpc) is 3.50. The highest BCUT2D eigenvalue weighted by atomic mass is 35.5. The minimum Gasteiger partial charge on any atom is -0.486 e. The Bertz CT molecular complexity index is 1070. The molecule has 0 aliphatic carbocycles. The molecule has 8 nitrogen and oxygen atoms in total. The number of halogens is 1. The van der Waals surface area contributed by atoms with Crippen molar-refractivity contribution >= 4 is 40.4 Å². The molecule has 2 N–H and O–H groups in total. The molecular weight excluding hydrogens is 452 g/mol. The Hall–Kier alpha value is -3.01. The summed E-state index contributed by atoms with van der Waals surface area (Å²) in [6, 6.07) is 13.6. The van der Waals surface area contributed by atoms with Gasteiger partial charge in [-0.3, -0.25) is 9.59 Å². The van der Waals surface area contributed by atoms with Crippen molar-refractivity contribution in [2.24, 2.45) is 0 Å². The predicted octanol–water partition coefficient (Wildman–Crippen LogP) is 3.93. The van der Waals surface area contributed by atoms with E-state index >= 15 is 0 Å². The molecule has 32 heavy (non-hydrogen) atoms. The Morgan fingerprint density at radius 2 is 1.88 bits per heavy atom. The number of nitrogens with zero attached hydrogens (tertiary/aromatic N) is 2. The first-order chi connectivity index (χ1) is 15.6. The molecule has 0 spiro atoms. The molecule has 2 aromatic carbocycles. The van der Waals surface area contributed by atoms with Crippen molar-refractivity contribution in [2.45, 2.75) is 25.6 Å². The Balaban J connectivity index is 1.25. The van der Waals surface area contributed by atoms with Crippen LogP contribution in [0.3, 0.4) is 0 Å². The molecule has 166 valence electrons. The normalized spacial score (nSPS) is 15.3. The van der Waals surface area contributed by atoms with E-state index in [0.717, 1.165) is 30.8 Å². The molecule has 1 aliphatic rings. The number of carbonyl (C=O) groups is 2. The van der Waals surface area contributed by atoms with E-state index < -0.39 is 0 Å². The molecule has 2 heterocycles. The second kappa shape index (κ2) is 10.5. The van der Waals surface area contributed by atoms with Crippen LogP contribution in [-0.2, 0) is 11.3 Å². The largest absolute Gasteiger partial charge is 0.486 e. The summed E-state index contributed by atoms with van der Waals surface area (Å²) in [6.07, 6.45) is 2.12. The maximum absolute atomic E-state index is 12.3. The van der Waals surface area contributed by atoms with Crippen LogP contribution in [-0.4, -0.2) is 41.3 Å². The molecule has 2 amide bonds. The van der Waals surface area contributed by atoms with Crippen molar-refractivity contribution in [3.8, 4) is 5.75 Å². The third-order valence-corrected chi connectivity index (χ3v) is 5.90. The van der Waals surface area contributed by atoms with Crippen molar-refractivity contribution in [3.63, 3.8) is 0 Å². The molecule has 0 bridgehead atoms. The van der Waals surface area contributed by atoms with E-state index in [1.807, 2.05) is 0 Å². The lowest BCUT2D eigenvalue weighted by atomic mass is 10.2. The highest BCUT2D eigenvalue weighted by Gasteiger charge is 2.17. The predicted molar refractivity (Wildman–Crippen MR) is 121 cm³/mol. The van der Waals surface area contributed by atoms with Crippen LogP contribution in [0.5, 0.6) is 5.75 Å². The van der Waals surface area contributed by atoms with Crippen LogP contribution in [0.15, 0.2) is 48.5 Å². The summed E-state index contributed by atoms with van der Waals surface area (Å²) >= 11 is 6.99. The Kier molecular flexibility index (Phi) is 7.31. The number of amides is 2. The number of carbonyl (C=O) groups excluding carboxylic acids is 2. The molecular formula is C22H21ClN4O4S. The maximum atomic E-state index is 12.3. The van der Waals surface area contributed by atoms with E-state index in [2.05, 4.69) is 20.8 Å². The summed E-state index contributed by atoms with van der Waals surface area (Å²) in [5.74, 6) is 0.0880. The van der Waals surface area contributed by atoms with Gasteiger partial charge in [0.05, 0.1) is 6.10 Å². The van der Waals surface area contributed by atoms with Gasteiger partial charge in [-0.1, -0.05) is 22.9 Å². The zero-order chi connectivity index (χ0) is 22.3. The van der Waals surface area contributed by atoms with Gasteiger partial charge in [-0.25, -0.2) is 0 Å². The van der Waals surface area contributed by atoms with E-state index in [1.165, 1.54) is 0 Å². The molecule has 3 aromatic rings. The van der Waals surface area contributed by atoms with Gasteiger partial charge in [0.25, 0.3) is 11.8 Å². The van der Waals surface area contributed by atoms with Gasteiger partial charge in [0.15, 0.2) is 5.01 Å². The van der Waals surface area contributed by atoms with Gasteiger partial charge in [0.1, 0.15) is 12.4 Å². The van der Waals surface area contributed by atoms with Crippen molar-refractivity contribution in [3.05, 3.63) is 69.1 Å². The molecule has 4 rings (SSSR count). The number of hydrogen-bond donors (Lipinski definition) is 2. The van der Waals surface area contributed by atoms with Gasteiger partial charge in [-0.2, -0.15) is 0 Å². The lowest BCUT2D eigenvalue weighted by Crippen LogP contribution is -2.31. The molecule has 1 atom stereocenters. The SMILES string of the molecule is O=C(NC[C@@H]1CCCO1)c1ccc(OCc2nnc(C(=O)Nc3ccc(Cl)cc3)s2)cc1. The fourth-order valence-corrected chi connectivity index (χ4v) is 3.86. The quantitative estimate of drug-likeness (QED) is 0.515. The minimum atomic E-state index is -0.352. The fourth-order valence-electron chi connectivity index (χ4n) is 3.08. The van der Waals surface area contributed by atoms with Crippen LogP contribution >= 0.6 is 22.9 Å². The van der Waals surface area contributed by atoms with Crippen molar-refractivity contribution in [1.29, 1.82) is 0 Å². The van der Waals surface area contributed by atoms with Gasteiger partial charge in [-0.05, 0) is 61.4 Å². The van der Waals surface area contributed by atoms with Crippen molar-refractivity contribution in [1.82, 2.24) is 15.5 Å². The number of anilines is 1. The van der Waals surface area contributed by atoms with Crippen LogP contribution in [0.25, 0.3) is 0 Å². The van der Waals surface area contributed by atoms with E-state index in [9.17, 15) is 9.59 Å². The Morgan fingerprint density at radius 1 is 1.09 bits per heavy atom. The summed E-state index contributed by atoms with van der Waals surface area (Å²) in [5.41, 5.74) is 1.17.